The molecule has 4 N–H and O–H groups in total. The van der Waals surface area contributed by atoms with Crippen LogP contribution in [-0.2, 0) is 29.0 Å². The molecule has 1 unspecified atom stereocenters. The number of sulfone groups is 1. The summed E-state index contributed by atoms with van der Waals surface area (Å²) in [5.41, 5.74) is -1.64. The number of hydrogen-bond donors (Lipinski definition) is 4. The van der Waals surface area contributed by atoms with Crippen LogP contribution < -0.4 is 21.3 Å². The van der Waals surface area contributed by atoms with Crippen molar-refractivity contribution in [2.75, 3.05) is 12.3 Å². The van der Waals surface area contributed by atoms with Gasteiger partial charge in [-0.3, -0.25) is 19.2 Å². The third-order valence-electron chi connectivity index (χ3n) is 9.29. The van der Waals surface area contributed by atoms with Crippen molar-refractivity contribution in [1.82, 2.24) is 26.2 Å². The van der Waals surface area contributed by atoms with Gasteiger partial charge in [-0.2, -0.15) is 0 Å². The zero-order valence-electron chi connectivity index (χ0n) is 28.1. The molecule has 1 saturated heterocycles. The van der Waals surface area contributed by atoms with E-state index >= 15 is 0 Å². The summed E-state index contributed by atoms with van der Waals surface area (Å²) < 4.78 is 25.0. The molecule has 0 aromatic rings. The standard InChI is InChI=1S/C32H54IN5O7S/c1-6-8-13-22(24(39)27(40)34-21-15-16-21)35-28(41)26(33)38(19-7-2)29(42)25(31(3,4)5)36-30(43)37-32(17-10-9-11-18-32)23-14-12-20-46(23,44)45/h21-23,25-26H,6-20H2,1-5H3,(H,34,40)(H,35,41)(H2,36,37,43)/t22-,23?,25+,26+/m0/s1. The highest BCUT2D eigenvalue weighted by Crippen LogP contribution is 2.39. The number of ketones is 1. The lowest BCUT2D eigenvalue weighted by molar-refractivity contribution is -0.142. The van der Waals surface area contributed by atoms with Crippen LogP contribution in [0.4, 0.5) is 4.79 Å². The molecule has 0 radical (unpaired) electrons. The number of nitrogens with one attached hydrogen (secondary N) is 4. The van der Waals surface area contributed by atoms with Crippen molar-refractivity contribution in [2.24, 2.45) is 5.41 Å². The van der Waals surface area contributed by atoms with Gasteiger partial charge in [0, 0.05) is 12.6 Å². The number of carbonyl (C=O) groups is 5. The van der Waals surface area contributed by atoms with Crippen LogP contribution in [0, 0.1) is 5.41 Å². The van der Waals surface area contributed by atoms with Gasteiger partial charge in [0.1, 0.15) is 6.04 Å². The normalized spacial score (nSPS) is 22.5. The highest BCUT2D eigenvalue weighted by Gasteiger charge is 2.50. The molecule has 2 saturated carbocycles. The Morgan fingerprint density at radius 2 is 1.59 bits per heavy atom. The second-order valence-corrected chi connectivity index (χ2v) is 17.8. The van der Waals surface area contributed by atoms with Crippen molar-refractivity contribution in [2.45, 2.75) is 151 Å². The first kappa shape index (κ1) is 38.5. The lowest BCUT2D eigenvalue weighted by Crippen LogP contribution is -2.65. The van der Waals surface area contributed by atoms with Gasteiger partial charge < -0.3 is 26.2 Å². The molecule has 0 bridgehead atoms. The summed E-state index contributed by atoms with van der Waals surface area (Å²) in [4.78, 5) is 68.3. The van der Waals surface area contributed by atoms with E-state index in [1.54, 1.807) is 0 Å². The minimum absolute atomic E-state index is 0.00329. The van der Waals surface area contributed by atoms with Gasteiger partial charge in [-0.05, 0) is 79.4 Å². The summed E-state index contributed by atoms with van der Waals surface area (Å²) in [6.45, 7) is 9.50. The Bertz CT molecular complexity index is 1230. The average Bonchev–Trinajstić information content (AvgIpc) is 3.73. The van der Waals surface area contributed by atoms with E-state index in [2.05, 4.69) is 21.3 Å². The molecule has 0 spiro atoms. The maximum atomic E-state index is 14.2. The summed E-state index contributed by atoms with van der Waals surface area (Å²) in [6, 6.07) is -2.65. The van der Waals surface area contributed by atoms with E-state index in [1.165, 1.54) is 4.90 Å². The highest BCUT2D eigenvalue weighted by molar-refractivity contribution is 14.1. The van der Waals surface area contributed by atoms with E-state index in [0.29, 0.717) is 44.9 Å². The second kappa shape index (κ2) is 16.4. The quantitative estimate of drug-likeness (QED) is 0.0854. The summed E-state index contributed by atoms with van der Waals surface area (Å²) in [5.74, 6) is -2.32. The molecule has 262 valence electrons. The van der Waals surface area contributed by atoms with Crippen LogP contribution in [0.15, 0.2) is 0 Å². The fraction of sp³-hybridized carbons (Fsp3) is 0.844. The molecule has 46 heavy (non-hydrogen) atoms. The Kier molecular flexibility index (Phi) is 13.7. The Balaban J connectivity index is 1.78. The number of amides is 5. The van der Waals surface area contributed by atoms with Crippen LogP contribution in [0.3, 0.4) is 0 Å². The van der Waals surface area contributed by atoms with Crippen molar-refractivity contribution < 1.29 is 32.4 Å². The van der Waals surface area contributed by atoms with Gasteiger partial charge in [0.15, 0.2) is 13.9 Å². The maximum absolute atomic E-state index is 14.2. The largest absolute Gasteiger partial charge is 0.347 e. The molecule has 3 fully saturated rings. The van der Waals surface area contributed by atoms with E-state index in [1.807, 2.05) is 57.2 Å². The Morgan fingerprint density at radius 1 is 0.935 bits per heavy atom. The number of rotatable bonds is 15. The Labute approximate surface area is 288 Å². The van der Waals surface area contributed by atoms with E-state index in [0.717, 1.165) is 38.5 Å². The topological polar surface area (TPSA) is 171 Å². The molecule has 2 aliphatic carbocycles. The predicted octanol–water partition coefficient (Wildman–Crippen LogP) is 3.50. The van der Waals surface area contributed by atoms with Gasteiger partial charge in [-0.15, -0.1) is 0 Å². The molecule has 5 amide bonds. The van der Waals surface area contributed by atoms with Crippen LogP contribution in [0.2, 0.25) is 0 Å². The zero-order chi connectivity index (χ0) is 34.3. The minimum Gasteiger partial charge on any atom is -0.347 e. The van der Waals surface area contributed by atoms with E-state index in [4.69, 9.17) is 0 Å². The number of nitrogens with zero attached hydrogens (tertiary/aromatic N) is 1. The lowest BCUT2D eigenvalue weighted by atomic mass is 9.78. The van der Waals surface area contributed by atoms with Gasteiger partial charge >= 0.3 is 6.03 Å². The molecular weight excluding hydrogens is 725 g/mol. The molecule has 12 nitrogen and oxygen atoms in total. The van der Waals surface area contributed by atoms with Crippen molar-refractivity contribution in [3.8, 4) is 0 Å². The lowest BCUT2D eigenvalue weighted by Gasteiger charge is -2.43. The molecule has 4 atom stereocenters. The molecule has 14 heteroatoms. The predicted molar refractivity (Wildman–Crippen MR) is 185 cm³/mol. The first-order chi connectivity index (χ1) is 21.6. The van der Waals surface area contributed by atoms with Crippen molar-refractivity contribution in [1.29, 1.82) is 0 Å². The van der Waals surface area contributed by atoms with Crippen molar-refractivity contribution in [3.05, 3.63) is 0 Å². The van der Waals surface area contributed by atoms with Crippen LogP contribution >= 0.6 is 22.6 Å². The number of halogens is 1. The summed E-state index contributed by atoms with van der Waals surface area (Å²) >= 11 is 1.87. The monoisotopic (exact) mass is 779 g/mol. The zero-order valence-corrected chi connectivity index (χ0v) is 31.1. The third-order valence-corrected chi connectivity index (χ3v) is 12.9. The number of unbranched alkanes of at least 4 members (excludes halogenated alkanes) is 1. The summed E-state index contributed by atoms with van der Waals surface area (Å²) in [5, 5.41) is 10.7. The smallest absolute Gasteiger partial charge is 0.315 e. The SMILES string of the molecule is CCCC[C@H](NC(=O)[C@H](I)N(CCC)C(=O)[C@@H](NC(=O)NC1(C2CCCS2(=O)=O)CCCCC1)C(C)(C)C)C(=O)C(=O)NC1CC1. The molecule has 0 aromatic carbocycles. The number of alkyl halides is 1. The van der Waals surface area contributed by atoms with Gasteiger partial charge in [0.25, 0.3) is 11.8 Å². The first-order valence-electron chi connectivity index (χ1n) is 17.0. The highest BCUT2D eigenvalue weighted by atomic mass is 127. The van der Waals surface area contributed by atoms with Gasteiger partial charge in [-0.25, -0.2) is 13.2 Å². The van der Waals surface area contributed by atoms with Crippen LogP contribution in [0.5, 0.6) is 0 Å². The third kappa shape index (κ3) is 10.0. The second-order valence-electron chi connectivity index (χ2n) is 14.3. The van der Waals surface area contributed by atoms with Crippen LogP contribution in [0.25, 0.3) is 0 Å². The molecule has 1 heterocycles. The van der Waals surface area contributed by atoms with Crippen LogP contribution in [0.1, 0.15) is 118 Å². The maximum Gasteiger partial charge on any atom is 0.315 e. The minimum atomic E-state index is -3.35. The number of Topliss-reactive ketones (excluding diaryl/α,β-unsaturated/α-hetero) is 1. The van der Waals surface area contributed by atoms with Crippen LogP contribution in [-0.4, -0.2) is 88.1 Å². The van der Waals surface area contributed by atoms with E-state index in [9.17, 15) is 32.4 Å². The molecule has 1 aliphatic heterocycles. The summed E-state index contributed by atoms with van der Waals surface area (Å²) in [6.07, 6.45) is 8.70. The fourth-order valence-corrected chi connectivity index (χ4v) is 9.70. The Morgan fingerprint density at radius 3 is 2.11 bits per heavy atom. The van der Waals surface area contributed by atoms with E-state index in [-0.39, 0.29) is 18.3 Å². The van der Waals surface area contributed by atoms with Gasteiger partial charge in [0.05, 0.1) is 22.6 Å². The molecule has 3 rings (SSSR count). The fourth-order valence-electron chi connectivity index (χ4n) is 6.61. The molecule has 3 aliphatic rings. The summed E-state index contributed by atoms with van der Waals surface area (Å²) in [7, 11) is -3.35. The first-order valence-corrected chi connectivity index (χ1v) is 19.9. The number of urea groups is 1. The van der Waals surface area contributed by atoms with Gasteiger partial charge in [-0.1, -0.05) is 66.7 Å². The molecular formula is C32H54IN5O7S. The van der Waals surface area contributed by atoms with Crippen molar-refractivity contribution in [3.63, 3.8) is 0 Å². The average molecular weight is 780 g/mol. The molecule has 0 aromatic heterocycles. The number of carbonyl (C=O) groups excluding carboxylic acids is 5. The van der Waals surface area contributed by atoms with E-state index < -0.39 is 71.7 Å². The number of hydrogen-bond acceptors (Lipinski definition) is 7. The van der Waals surface area contributed by atoms with Crippen molar-refractivity contribution >= 4 is 62.0 Å². The Hall–Kier alpha value is -1.97. The van der Waals surface area contributed by atoms with Gasteiger partial charge in [0.2, 0.25) is 11.7 Å².